The minimum atomic E-state index is -2.49. The predicted molar refractivity (Wildman–Crippen MR) is 263 cm³/mol. The largest absolute Gasteiger partial charge is 0.507 e. The molecule has 0 aliphatic heterocycles. The van der Waals surface area contributed by atoms with Crippen LogP contribution < -0.4 is 0 Å². The van der Waals surface area contributed by atoms with E-state index in [4.69, 9.17) is 14.1 Å². The van der Waals surface area contributed by atoms with Crippen LogP contribution in [0.25, 0.3) is 72.7 Å². The fourth-order valence-corrected chi connectivity index (χ4v) is 8.34. The molecule has 0 saturated heterocycles. The second kappa shape index (κ2) is 15.6. The van der Waals surface area contributed by atoms with Gasteiger partial charge in [0.05, 0.1) is 28.0 Å². The Bertz CT molecular complexity index is 3080. The number of pyridine rings is 1. The van der Waals surface area contributed by atoms with Gasteiger partial charge in [-0.3, -0.25) is 9.55 Å². The van der Waals surface area contributed by atoms with Crippen molar-refractivity contribution in [1.29, 1.82) is 0 Å². The Morgan fingerprint density at radius 3 is 1.79 bits per heavy atom. The number of fused-ring (bicyclic) bond motifs is 1. The van der Waals surface area contributed by atoms with Crippen LogP contribution in [-0.4, -0.2) is 19.6 Å². The van der Waals surface area contributed by atoms with Crippen LogP contribution in [0.5, 0.6) is 5.75 Å². The van der Waals surface area contributed by atoms with E-state index in [-0.39, 0.29) is 27.6 Å². The van der Waals surface area contributed by atoms with E-state index in [2.05, 4.69) is 142 Å². The number of aromatic nitrogens is 3. The van der Waals surface area contributed by atoms with Gasteiger partial charge in [0, 0.05) is 21.4 Å². The van der Waals surface area contributed by atoms with Crippen LogP contribution in [0.15, 0.2) is 128 Å². The Kier molecular flexibility index (Phi) is 9.71. The van der Waals surface area contributed by atoms with E-state index < -0.39 is 6.85 Å². The van der Waals surface area contributed by atoms with Gasteiger partial charge in [-0.1, -0.05) is 141 Å². The Balaban J connectivity index is 1.39. The first-order chi connectivity index (χ1) is 30.4. The third kappa shape index (κ3) is 8.23. The van der Waals surface area contributed by atoms with E-state index in [1.165, 1.54) is 16.7 Å². The molecule has 0 atom stereocenters. The molecule has 2 aromatic heterocycles. The first-order valence-electron chi connectivity index (χ1n) is 23.2. The molecule has 2 heterocycles. The van der Waals surface area contributed by atoms with Gasteiger partial charge in [-0.15, -0.1) is 0 Å². The van der Waals surface area contributed by atoms with Crippen LogP contribution in [0, 0.1) is 27.6 Å². The smallest absolute Gasteiger partial charge is 0.149 e. The van der Waals surface area contributed by atoms with Gasteiger partial charge in [0.1, 0.15) is 11.6 Å². The number of aromatic hydroxyl groups is 1. The lowest BCUT2D eigenvalue weighted by Gasteiger charge is -2.26. The molecule has 1 N–H and O–H groups in total. The number of phenolic OH excluding ortho intramolecular Hbond substituents is 1. The van der Waals surface area contributed by atoms with Crippen LogP contribution >= 0.6 is 0 Å². The molecule has 0 bridgehead atoms. The molecule has 0 aliphatic rings. The summed E-state index contributed by atoms with van der Waals surface area (Å²) in [5.74, 6) is 0.561. The molecule has 4 heteroatoms. The van der Waals surface area contributed by atoms with Gasteiger partial charge in [0.2, 0.25) is 0 Å². The van der Waals surface area contributed by atoms with Crippen LogP contribution in [0.2, 0.25) is 0 Å². The minimum Gasteiger partial charge on any atom is -0.507 e. The second-order valence-electron chi connectivity index (χ2n) is 20.3. The standard InChI is InChI=1S/C58H61N3O/c1-35-17-19-39(20-18-35)41-23-24-59-50(33-41)44-28-43(31-45(32-44)56(5,6)7)48-15-14-16-52-53(48)60-55(49-26-36(2)25-38(4)54(49)62)61(52)51-22-21-40(27-37(51)3)42-29-46(57(8,9)10)34-47(30-42)58(11,12)13/h14-34,62H,1-13H3/i3D3. The van der Waals surface area contributed by atoms with Crippen molar-refractivity contribution in [3.8, 4) is 67.5 Å². The summed E-state index contributed by atoms with van der Waals surface area (Å²) in [7, 11) is 0. The lowest BCUT2D eigenvalue weighted by molar-refractivity contribution is 0.472. The summed E-state index contributed by atoms with van der Waals surface area (Å²) in [6, 6.07) is 41.8. The number of aryl methyl sites for hydroxylation is 4. The third-order valence-electron chi connectivity index (χ3n) is 12.2. The maximum Gasteiger partial charge on any atom is 0.149 e. The van der Waals surface area contributed by atoms with Crippen molar-refractivity contribution in [2.45, 2.75) is 106 Å². The van der Waals surface area contributed by atoms with Crippen molar-refractivity contribution in [2.24, 2.45) is 0 Å². The number of nitrogens with zero attached hydrogens (tertiary/aromatic N) is 3. The number of rotatable bonds is 6. The van der Waals surface area contributed by atoms with Crippen molar-refractivity contribution in [1.82, 2.24) is 14.5 Å². The Morgan fingerprint density at radius 2 is 1.13 bits per heavy atom. The van der Waals surface area contributed by atoms with Crippen molar-refractivity contribution in [2.75, 3.05) is 0 Å². The van der Waals surface area contributed by atoms with Crippen molar-refractivity contribution in [3.05, 3.63) is 166 Å². The summed E-state index contributed by atoms with van der Waals surface area (Å²) in [6.45, 7) is 23.4. The van der Waals surface area contributed by atoms with Crippen LogP contribution in [-0.2, 0) is 16.2 Å². The molecular formula is C58H61N3O. The normalized spacial score (nSPS) is 13.3. The SMILES string of the molecule is [2H]C([2H])([2H])c1cc(-c2cc(C(C)(C)C)cc(C(C)(C)C)c2)ccc1-n1c(-c2cc(C)cc(C)c2O)nc2c(-c3cc(-c4cc(-c5ccc(C)cc5)ccn4)cc(C(C)(C)C)c3)cccc21. The molecule has 0 aliphatic carbocycles. The summed E-state index contributed by atoms with van der Waals surface area (Å²) in [4.78, 5) is 10.3. The molecular weight excluding hydrogens is 755 g/mol. The monoisotopic (exact) mass is 819 g/mol. The number of para-hydroxylation sites is 1. The Hall–Kier alpha value is -6.26. The quantitative estimate of drug-likeness (QED) is 0.182. The summed E-state index contributed by atoms with van der Waals surface area (Å²) >= 11 is 0. The molecule has 314 valence electrons. The number of imidazole rings is 1. The predicted octanol–water partition coefficient (Wildman–Crippen LogP) is 15.6. The van der Waals surface area contributed by atoms with E-state index in [0.717, 1.165) is 61.3 Å². The molecule has 0 unspecified atom stereocenters. The Morgan fingerprint density at radius 1 is 0.516 bits per heavy atom. The third-order valence-corrected chi connectivity index (χ3v) is 12.2. The van der Waals surface area contributed by atoms with Gasteiger partial charge in [0.15, 0.2) is 0 Å². The van der Waals surface area contributed by atoms with Crippen molar-refractivity contribution in [3.63, 3.8) is 0 Å². The second-order valence-corrected chi connectivity index (χ2v) is 20.3. The molecule has 0 spiro atoms. The van der Waals surface area contributed by atoms with E-state index in [1.807, 2.05) is 73.1 Å². The maximum atomic E-state index is 11.8. The summed E-state index contributed by atoms with van der Waals surface area (Å²) in [6.07, 6.45) is 1.87. The Labute approximate surface area is 373 Å². The highest BCUT2D eigenvalue weighted by molar-refractivity contribution is 5.97. The van der Waals surface area contributed by atoms with E-state index in [9.17, 15) is 5.11 Å². The van der Waals surface area contributed by atoms with Crippen molar-refractivity contribution >= 4 is 11.0 Å². The highest BCUT2D eigenvalue weighted by atomic mass is 16.3. The highest BCUT2D eigenvalue weighted by Crippen LogP contribution is 2.42. The topological polar surface area (TPSA) is 50.9 Å². The minimum absolute atomic E-state index is 0.103. The molecule has 0 fully saturated rings. The molecule has 8 aromatic rings. The lowest BCUT2D eigenvalue weighted by Crippen LogP contribution is -2.16. The van der Waals surface area contributed by atoms with Gasteiger partial charge in [-0.2, -0.15) is 0 Å². The summed E-state index contributed by atoms with van der Waals surface area (Å²) in [5.41, 5.74) is 16.3. The molecule has 62 heavy (non-hydrogen) atoms. The lowest BCUT2D eigenvalue weighted by atomic mass is 9.79. The zero-order valence-electron chi connectivity index (χ0n) is 41.4. The number of benzene rings is 6. The molecule has 4 nitrogen and oxygen atoms in total. The molecule has 8 rings (SSSR count). The fourth-order valence-electron chi connectivity index (χ4n) is 8.34. The molecule has 0 radical (unpaired) electrons. The van der Waals surface area contributed by atoms with Crippen LogP contribution in [0.3, 0.4) is 0 Å². The van der Waals surface area contributed by atoms with E-state index in [0.29, 0.717) is 28.2 Å². The maximum absolute atomic E-state index is 11.8. The number of hydrogen-bond donors (Lipinski definition) is 1. The van der Waals surface area contributed by atoms with Gasteiger partial charge < -0.3 is 5.11 Å². The zero-order valence-corrected chi connectivity index (χ0v) is 38.4. The van der Waals surface area contributed by atoms with Gasteiger partial charge in [0.25, 0.3) is 0 Å². The first kappa shape index (κ1) is 38.6. The molecule has 0 saturated carbocycles. The van der Waals surface area contributed by atoms with E-state index >= 15 is 0 Å². The first-order valence-corrected chi connectivity index (χ1v) is 21.7. The fraction of sp³-hybridized carbons (Fsp3) is 0.276. The van der Waals surface area contributed by atoms with Crippen molar-refractivity contribution < 1.29 is 9.22 Å². The van der Waals surface area contributed by atoms with Crippen LogP contribution in [0.4, 0.5) is 0 Å². The highest BCUT2D eigenvalue weighted by Gasteiger charge is 2.25. The van der Waals surface area contributed by atoms with Gasteiger partial charge in [-0.25, -0.2) is 4.98 Å². The molecule has 6 aromatic carbocycles. The number of phenols is 1. The van der Waals surface area contributed by atoms with Gasteiger partial charge in [-0.05, 0) is 154 Å². The van der Waals surface area contributed by atoms with Gasteiger partial charge >= 0.3 is 0 Å². The zero-order chi connectivity index (χ0) is 47.0. The summed E-state index contributed by atoms with van der Waals surface area (Å²) < 4.78 is 29.1. The molecule has 0 amide bonds. The summed E-state index contributed by atoms with van der Waals surface area (Å²) in [5, 5.41) is 11.8. The average Bonchev–Trinajstić information content (AvgIpc) is 3.63. The number of hydrogen-bond acceptors (Lipinski definition) is 3. The average molecular weight is 819 g/mol. The van der Waals surface area contributed by atoms with Crippen LogP contribution in [0.1, 0.15) is 105 Å². The van der Waals surface area contributed by atoms with E-state index in [1.54, 1.807) is 0 Å².